The van der Waals surface area contributed by atoms with Gasteiger partial charge in [0.2, 0.25) is 0 Å². The van der Waals surface area contributed by atoms with Gasteiger partial charge in [-0.2, -0.15) is 0 Å². The highest BCUT2D eigenvalue weighted by atomic mass is 15.1. The highest BCUT2D eigenvalue weighted by Gasteiger charge is 1.86. The lowest BCUT2D eigenvalue weighted by molar-refractivity contribution is 0.540. The van der Waals surface area contributed by atoms with Crippen LogP contribution in [0.5, 0.6) is 0 Å². The predicted molar refractivity (Wildman–Crippen MR) is 47.8 cm³/mol. The molecule has 0 aromatic heterocycles. The summed E-state index contributed by atoms with van der Waals surface area (Å²) in [5.74, 6) is 2.93. The molecule has 0 amide bonds. The second-order valence-corrected chi connectivity index (χ2v) is 2.43. The Labute approximate surface area is 67.7 Å². The van der Waals surface area contributed by atoms with Crippen molar-refractivity contribution in [3.05, 3.63) is 36.5 Å². The molecule has 0 N–H and O–H groups in total. The lowest BCUT2D eigenvalue weighted by atomic mass is 10.3. The van der Waals surface area contributed by atoms with Crippen LogP contribution >= 0.6 is 0 Å². The van der Waals surface area contributed by atoms with E-state index in [0.29, 0.717) is 0 Å². The second-order valence-electron chi connectivity index (χ2n) is 2.43. The van der Waals surface area contributed by atoms with Gasteiger partial charge in [0.05, 0.1) is 0 Å². The number of nitrogens with zero attached hydrogens (tertiary/aromatic N) is 1. The van der Waals surface area contributed by atoms with E-state index in [9.17, 15) is 0 Å². The number of hydrogen-bond acceptors (Lipinski definition) is 1. The fraction of sp³-hybridized carbons (Fsp3) is 0.200. The SMILES string of the molecule is C=C1C#CN(C)C/C=C\C=C1. The molecule has 0 saturated heterocycles. The summed E-state index contributed by atoms with van der Waals surface area (Å²) in [5.41, 5.74) is 0.850. The van der Waals surface area contributed by atoms with E-state index in [0.717, 1.165) is 12.1 Å². The molecule has 1 heteroatoms. The van der Waals surface area contributed by atoms with E-state index in [-0.39, 0.29) is 0 Å². The molecule has 0 radical (unpaired) electrons. The monoisotopic (exact) mass is 145 g/mol. The van der Waals surface area contributed by atoms with Crippen molar-refractivity contribution in [3.8, 4) is 12.0 Å². The maximum absolute atomic E-state index is 3.77. The molecule has 11 heavy (non-hydrogen) atoms. The number of rotatable bonds is 0. The van der Waals surface area contributed by atoms with Crippen molar-refractivity contribution in [3.63, 3.8) is 0 Å². The number of likely N-dealkylation sites (N-methyl/N-ethyl adjacent to an activating group) is 1. The summed E-state index contributed by atoms with van der Waals surface area (Å²) >= 11 is 0. The normalized spacial score (nSPS) is 19.4. The molecular weight excluding hydrogens is 134 g/mol. The maximum Gasteiger partial charge on any atom is 0.0441 e. The average molecular weight is 145 g/mol. The van der Waals surface area contributed by atoms with Crippen LogP contribution < -0.4 is 0 Å². The van der Waals surface area contributed by atoms with Gasteiger partial charge in [0.15, 0.2) is 0 Å². The maximum atomic E-state index is 3.77. The topological polar surface area (TPSA) is 3.24 Å². The molecule has 0 aromatic rings. The Kier molecular flexibility index (Phi) is 2.57. The zero-order chi connectivity index (χ0) is 8.10. The molecule has 1 rings (SSSR count). The molecule has 0 atom stereocenters. The van der Waals surface area contributed by atoms with Crippen LogP contribution in [0.3, 0.4) is 0 Å². The number of allylic oxidation sites excluding steroid dienone is 4. The standard InChI is InChI=1S/C10H11N/c1-10-6-4-3-5-8-11(2)9-7-10/h3-6H,1,8H2,2H3/b5-3-,6-4?. The summed E-state index contributed by atoms with van der Waals surface area (Å²) in [6.45, 7) is 4.64. The second kappa shape index (κ2) is 3.68. The summed E-state index contributed by atoms with van der Waals surface area (Å²) in [4.78, 5) is 1.93. The van der Waals surface area contributed by atoms with E-state index in [1.807, 2.05) is 30.2 Å². The van der Waals surface area contributed by atoms with E-state index >= 15 is 0 Å². The van der Waals surface area contributed by atoms with Crippen LogP contribution in [0.25, 0.3) is 0 Å². The Morgan fingerprint density at radius 2 is 2.36 bits per heavy atom. The molecule has 0 aliphatic carbocycles. The van der Waals surface area contributed by atoms with Crippen LogP contribution in [0.4, 0.5) is 0 Å². The molecule has 0 unspecified atom stereocenters. The third-order valence-corrected chi connectivity index (χ3v) is 1.33. The van der Waals surface area contributed by atoms with Crippen molar-refractivity contribution < 1.29 is 0 Å². The molecule has 0 fully saturated rings. The van der Waals surface area contributed by atoms with Gasteiger partial charge in [-0.05, 0) is 12.0 Å². The zero-order valence-corrected chi connectivity index (χ0v) is 6.67. The molecule has 0 aromatic carbocycles. The van der Waals surface area contributed by atoms with Gasteiger partial charge >= 0.3 is 0 Å². The largest absolute Gasteiger partial charge is 0.332 e. The van der Waals surface area contributed by atoms with E-state index < -0.39 is 0 Å². The van der Waals surface area contributed by atoms with Crippen molar-refractivity contribution in [2.75, 3.05) is 13.6 Å². The summed E-state index contributed by atoms with van der Waals surface area (Å²) < 4.78 is 0. The molecule has 1 aliphatic rings. The molecule has 0 saturated carbocycles. The molecule has 56 valence electrons. The van der Waals surface area contributed by atoms with Crippen LogP contribution in [0, 0.1) is 12.0 Å². The Hall–Kier alpha value is -1.42. The highest BCUT2D eigenvalue weighted by molar-refractivity contribution is 5.37. The highest BCUT2D eigenvalue weighted by Crippen LogP contribution is 1.93. The van der Waals surface area contributed by atoms with Gasteiger partial charge in [-0.15, -0.1) is 0 Å². The average Bonchev–Trinajstić information content (AvgIpc) is 2.06. The molecular formula is C10H11N. The third kappa shape index (κ3) is 2.77. The van der Waals surface area contributed by atoms with Gasteiger partial charge in [-0.1, -0.05) is 24.8 Å². The fourth-order valence-electron chi connectivity index (χ4n) is 0.724. The molecule has 1 heterocycles. The summed E-state index contributed by atoms with van der Waals surface area (Å²) in [7, 11) is 1.95. The van der Waals surface area contributed by atoms with E-state index in [1.165, 1.54) is 0 Å². The van der Waals surface area contributed by atoms with Gasteiger partial charge in [-0.3, -0.25) is 0 Å². The predicted octanol–water partition coefficient (Wildman–Crippen LogP) is 1.56. The van der Waals surface area contributed by atoms with Crippen molar-refractivity contribution >= 4 is 0 Å². The van der Waals surface area contributed by atoms with Crippen LogP contribution in [0.15, 0.2) is 36.5 Å². The molecule has 0 bridgehead atoms. The Balaban J connectivity index is 2.78. The van der Waals surface area contributed by atoms with Crippen LogP contribution in [0.2, 0.25) is 0 Å². The lowest BCUT2D eigenvalue weighted by Gasteiger charge is -2.04. The number of hydrogen-bond donors (Lipinski definition) is 0. The molecule has 0 spiro atoms. The minimum absolute atomic E-state index is 0.850. The van der Waals surface area contributed by atoms with Crippen LogP contribution in [0.1, 0.15) is 0 Å². The minimum Gasteiger partial charge on any atom is -0.332 e. The van der Waals surface area contributed by atoms with Gasteiger partial charge in [0, 0.05) is 25.2 Å². The summed E-state index contributed by atoms with van der Waals surface area (Å²) in [6.07, 6.45) is 7.92. The molecule has 1 nitrogen and oxygen atoms in total. The zero-order valence-electron chi connectivity index (χ0n) is 6.67. The Morgan fingerprint density at radius 3 is 3.18 bits per heavy atom. The first-order chi connectivity index (χ1) is 5.29. The van der Waals surface area contributed by atoms with Gasteiger partial charge < -0.3 is 4.90 Å². The smallest absolute Gasteiger partial charge is 0.0441 e. The Bertz CT molecular complexity index is 260. The van der Waals surface area contributed by atoms with E-state index in [1.54, 1.807) is 0 Å². The first kappa shape index (κ1) is 7.68. The third-order valence-electron chi connectivity index (χ3n) is 1.33. The van der Waals surface area contributed by atoms with E-state index in [4.69, 9.17) is 0 Å². The van der Waals surface area contributed by atoms with Crippen molar-refractivity contribution in [1.29, 1.82) is 0 Å². The van der Waals surface area contributed by atoms with Crippen LogP contribution in [-0.2, 0) is 0 Å². The van der Waals surface area contributed by atoms with Crippen molar-refractivity contribution in [1.82, 2.24) is 4.90 Å². The first-order valence-electron chi connectivity index (χ1n) is 3.54. The quantitative estimate of drug-likeness (QED) is 0.467. The fourth-order valence-corrected chi connectivity index (χ4v) is 0.724. The van der Waals surface area contributed by atoms with Gasteiger partial charge in [-0.25, -0.2) is 0 Å². The van der Waals surface area contributed by atoms with Crippen molar-refractivity contribution in [2.45, 2.75) is 0 Å². The first-order valence-corrected chi connectivity index (χ1v) is 3.54. The minimum atomic E-state index is 0.850. The van der Waals surface area contributed by atoms with E-state index in [2.05, 4.69) is 24.6 Å². The van der Waals surface area contributed by atoms with Gasteiger partial charge in [0.1, 0.15) is 0 Å². The Morgan fingerprint density at radius 1 is 1.55 bits per heavy atom. The van der Waals surface area contributed by atoms with Gasteiger partial charge in [0.25, 0.3) is 0 Å². The lowest BCUT2D eigenvalue weighted by Crippen LogP contribution is -2.10. The summed E-state index contributed by atoms with van der Waals surface area (Å²) in [5, 5.41) is 0. The summed E-state index contributed by atoms with van der Waals surface area (Å²) in [6, 6.07) is 2.96. The molecule has 1 aliphatic heterocycles. The van der Waals surface area contributed by atoms with Crippen LogP contribution in [-0.4, -0.2) is 18.5 Å². The van der Waals surface area contributed by atoms with Crippen molar-refractivity contribution in [2.24, 2.45) is 0 Å².